The van der Waals surface area contributed by atoms with Gasteiger partial charge in [-0.3, -0.25) is 13.8 Å². The van der Waals surface area contributed by atoms with Crippen molar-refractivity contribution in [1.29, 1.82) is 0 Å². The Balaban J connectivity index is 0. The summed E-state index contributed by atoms with van der Waals surface area (Å²) in [7, 11) is -1.84. The number of unbranched alkanes of at least 4 members (excludes halogenated alkanes) is 24. The number of carbonyl (C=O) groups excluding carboxylic acids is 2. The van der Waals surface area contributed by atoms with Crippen LogP contribution in [0.3, 0.4) is 0 Å². The van der Waals surface area contributed by atoms with Crippen molar-refractivity contribution in [3.8, 4) is 0 Å². The molecule has 10 nitrogen and oxygen atoms in total. The maximum Gasteiger partial charge on any atom is 0.306 e. The summed E-state index contributed by atoms with van der Waals surface area (Å²) >= 11 is 0. The third kappa shape index (κ3) is 36.9. The second kappa shape index (κ2) is 35.7. The summed E-state index contributed by atoms with van der Waals surface area (Å²) in [5, 5.41) is 12.8. The van der Waals surface area contributed by atoms with Crippen LogP contribution < -0.4 is 5.32 Å². The summed E-state index contributed by atoms with van der Waals surface area (Å²) in [5.41, 5.74) is -1.33. The molecule has 0 fully saturated rings. The molecule has 306 valence electrons. The highest BCUT2D eigenvalue weighted by Crippen LogP contribution is 2.19. The predicted octanol–water partition coefficient (Wildman–Crippen LogP) is 9.18. The van der Waals surface area contributed by atoms with Gasteiger partial charge in [-0.2, -0.15) is 0 Å². The highest BCUT2D eigenvalue weighted by molar-refractivity contribution is 7.80. The Labute approximate surface area is 314 Å². The molecule has 3 N–H and O–H groups in total. The van der Waals surface area contributed by atoms with Crippen LogP contribution in [0.4, 0.5) is 0 Å². The van der Waals surface area contributed by atoms with Gasteiger partial charge in [0.2, 0.25) is 16.1 Å². The first-order chi connectivity index (χ1) is 24.3. The van der Waals surface area contributed by atoms with E-state index >= 15 is 0 Å². The molecule has 51 heavy (non-hydrogen) atoms. The molecular formula is C40H81NO9S. The van der Waals surface area contributed by atoms with Crippen LogP contribution in [0.1, 0.15) is 214 Å². The van der Waals surface area contributed by atoms with Gasteiger partial charge in [0, 0.05) is 12.8 Å². The number of aliphatic hydroxyl groups is 1. The molecule has 0 rings (SSSR count). The van der Waals surface area contributed by atoms with E-state index in [0.717, 1.165) is 39.2 Å². The zero-order valence-electron chi connectivity index (χ0n) is 33.9. The van der Waals surface area contributed by atoms with Gasteiger partial charge >= 0.3 is 11.9 Å². The molecule has 3 unspecified atom stereocenters. The largest absolute Gasteiger partial charge is 0.726 e. The highest BCUT2D eigenvalue weighted by Gasteiger charge is 2.41. The second-order valence-electron chi connectivity index (χ2n) is 14.5. The first kappa shape index (κ1) is 51.8. The summed E-state index contributed by atoms with van der Waals surface area (Å²) in [6.45, 7) is 8.06. The molecule has 0 radical (unpaired) electrons. The molecule has 0 heterocycles. The monoisotopic (exact) mass is 752 g/mol. The van der Waals surface area contributed by atoms with Crippen LogP contribution >= 0.6 is 0 Å². The third-order valence-electron chi connectivity index (χ3n) is 9.63. The van der Waals surface area contributed by atoms with Crippen molar-refractivity contribution in [3.05, 3.63) is 0 Å². The van der Waals surface area contributed by atoms with E-state index in [1.54, 1.807) is 26.2 Å². The lowest BCUT2D eigenvalue weighted by molar-refractivity contribution is -0.756. The fraction of sp³-hybridized carbons (Fsp3) is 0.950. The van der Waals surface area contributed by atoms with Crippen molar-refractivity contribution >= 4 is 22.3 Å². The van der Waals surface area contributed by atoms with Crippen LogP contribution in [0.5, 0.6) is 0 Å². The van der Waals surface area contributed by atoms with E-state index < -0.39 is 28.3 Å². The SMILES string of the molecule is CCCCCCCCCCCCCCCC(=O)OC(C)CC(O)([NH2+]C)C(C)OC(=O)CCCCCCCCCCCCCCC.COS(=O)(=O)[O-]. The first-order valence-electron chi connectivity index (χ1n) is 20.8. The van der Waals surface area contributed by atoms with Crippen molar-refractivity contribution in [1.82, 2.24) is 0 Å². The summed E-state index contributed by atoms with van der Waals surface area (Å²) in [4.78, 5) is 24.8. The molecule has 0 spiro atoms. The van der Waals surface area contributed by atoms with Crippen LogP contribution in [0.25, 0.3) is 0 Å². The van der Waals surface area contributed by atoms with Gasteiger partial charge in [0.05, 0.1) is 20.6 Å². The fourth-order valence-corrected chi connectivity index (χ4v) is 6.24. The van der Waals surface area contributed by atoms with Gasteiger partial charge in [-0.15, -0.1) is 0 Å². The van der Waals surface area contributed by atoms with Crippen LogP contribution in [-0.2, 0) is 33.6 Å². The number of nitrogens with two attached hydrogens (primary N) is 1. The summed E-state index contributed by atoms with van der Waals surface area (Å²) < 4.78 is 42.2. The minimum Gasteiger partial charge on any atom is -0.726 e. The molecule has 0 aromatic carbocycles. The molecule has 0 aromatic rings. The van der Waals surface area contributed by atoms with Crippen molar-refractivity contribution in [2.24, 2.45) is 0 Å². The molecule has 0 saturated carbocycles. The standard InChI is InChI=1S/C39H77NO5.CH4O4S/c1-6-8-10-12-14-16-18-20-22-24-26-28-30-32-37(41)44-35(3)34-39(43,40-5)36(4)45-38(42)33-31-29-27-25-23-21-19-17-15-13-11-9-7-2;1-5-6(2,3)4/h35-36,40,43H,6-34H2,1-5H3;1H3,(H,2,3,4). The number of quaternary nitrogens is 1. The Kier molecular flexibility index (Phi) is 36.3. The minimum absolute atomic E-state index is 0.209. The lowest BCUT2D eigenvalue weighted by Crippen LogP contribution is -2.97. The van der Waals surface area contributed by atoms with E-state index in [2.05, 4.69) is 18.0 Å². The average molecular weight is 752 g/mol. The van der Waals surface area contributed by atoms with E-state index in [1.807, 2.05) is 0 Å². The Morgan fingerprint density at radius 1 is 0.608 bits per heavy atom. The van der Waals surface area contributed by atoms with Gasteiger partial charge in [0.1, 0.15) is 6.10 Å². The van der Waals surface area contributed by atoms with Crippen molar-refractivity contribution in [3.63, 3.8) is 0 Å². The molecule has 0 saturated heterocycles. The van der Waals surface area contributed by atoms with Crippen molar-refractivity contribution in [2.75, 3.05) is 14.2 Å². The van der Waals surface area contributed by atoms with Crippen LogP contribution in [0.15, 0.2) is 0 Å². The molecule has 0 aliphatic rings. The number of hydrogen-bond donors (Lipinski definition) is 2. The first-order valence-corrected chi connectivity index (χ1v) is 22.1. The van der Waals surface area contributed by atoms with Gasteiger partial charge in [0.15, 0.2) is 6.10 Å². The smallest absolute Gasteiger partial charge is 0.306 e. The van der Waals surface area contributed by atoms with Gasteiger partial charge in [-0.25, -0.2) is 8.42 Å². The minimum atomic E-state index is -4.41. The molecule has 0 aliphatic carbocycles. The predicted molar refractivity (Wildman–Crippen MR) is 206 cm³/mol. The maximum absolute atomic E-state index is 12.5. The van der Waals surface area contributed by atoms with E-state index in [1.165, 1.54) is 135 Å². The number of rotatable bonds is 35. The molecule has 3 atom stereocenters. The topological polar surface area (TPSA) is 156 Å². The Hall–Kier alpha value is -1.27. The maximum atomic E-state index is 12.5. The third-order valence-corrected chi connectivity index (χ3v) is 10.0. The zero-order valence-corrected chi connectivity index (χ0v) is 34.7. The normalized spacial score (nSPS) is 13.9. The number of carbonyl (C=O) groups is 2. The van der Waals surface area contributed by atoms with Crippen molar-refractivity contribution < 1.29 is 46.6 Å². The van der Waals surface area contributed by atoms with Gasteiger partial charge < -0.3 is 24.4 Å². The summed E-state index contributed by atoms with van der Waals surface area (Å²) in [6, 6.07) is 0. The average Bonchev–Trinajstić information content (AvgIpc) is 3.08. The van der Waals surface area contributed by atoms with Crippen molar-refractivity contribution in [2.45, 2.75) is 232 Å². The molecule has 11 heteroatoms. The Bertz CT molecular complexity index is 902. The molecule has 0 bridgehead atoms. The van der Waals surface area contributed by atoms with Crippen LogP contribution in [0.2, 0.25) is 0 Å². The van der Waals surface area contributed by atoms with E-state index in [4.69, 9.17) is 9.47 Å². The molecule has 0 aliphatic heterocycles. The Morgan fingerprint density at radius 3 is 1.16 bits per heavy atom. The molecular weight excluding hydrogens is 671 g/mol. The highest BCUT2D eigenvalue weighted by atomic mass is 32.3. The Morgan fingerprint density at radius 2 is 0.882 bits per heavy atom. The molecule has 0 amide bonds. The van der Waals surface area contributed by atoms with Crippen LogP contribution in [0, 0.1) is 0 Å². The lowest BCUT2D eigenvalue weighted by Gasteiger charge is -2.31. The zero-order chi connectivity index (χ0) is 38.6. The number of likely N-dealkylation sites (N-methyl/N-ethyl adjacent to an activating group) is 1. The number of ether oxygens (including phenoxy) is 2. The second-order valence-corrected chi connectivity index (χ2v) is 15.6. The van der Waals surface area contributed by atoms with E-state index in [-0.39, 0.29) is 18.4 Å². The van der Waals surface area contributed by atoms with E-state index in [0.29, 0.717) is 12.8 Å². The quantitative estimate of drug-likeness (QED) is 0.0212. The van der Waals surface area contributed by atoms with Gasteiger partial charge in [-0.1, -0.05) is 168 Å². The number of esters is 2. The molecule has 0 aromatic heterocycles. The lowest BCUT2D eigenvalue weighted by atomic mass is 10.0. The van der Waals surface area contributed by atoms with E-state index in [9.17, 15) is 27.7 Å². The fourth-order valence-electron chi connectivity index (χ4n) is 6.24. The summed E-state index contributed by atoms with van der Waals surface area (Å²) in [5.74, 6) is -0.478. The van der Waals surface area contributed by atoms with Gasteiger partial charge in [-0.05, 0) is 26.7 Å². The number of hydrogen-bond acceptors (Lipinski definition) is 9. The summed E-state index contributed by atoms with van der Waals surface area (Å²) in [6.07, 6.45) is 32.9. The van der Waals surface area contributed by atoms with Gasteiger partial charge in [0.25, 0.3) is 0 Å². The van der Waals surface area contributed by atoms with Crippen LogP contribution in [-0.4, -0.2) is 62.1 Å².